The van der Waals surface area contributed by atoms with E-state index >= 15 is 0 Å². The van der Waals surface area contributed by atoms with Crippen molar-refractivity contribution in [1.82, 2.24) is 21.5 Å². The van der Waals surface area contributed by atoms with E-state index < -0.39 is 24.4 Å². The molecule has 0 spiro atoms. The first kappa shape index (κ1) is 16.3. The maximum absolute atomic E-state index is 13.1. The normalized spacial score (nSPS) is 23.0. The Morgan fingerprint density at radius 2 is 1.95 bits per heavy atom. The Morgan fingerprint density at radius 3 is 2.48 bits per heavy atom. The molecule has 1 heterocycles. The summed E-state index contributed by atoms with van der Waals surface area (Å²) in [5.41, 5.74) is 7.04. The van der Waals surface area contributed by atoms with Gasteiger partial charge in [0.25, 0.3) is 0 Å². The number of amides is 1. The molecule has 3 N–H and O–H groups in total. The Kier molecular flexibility index (Phi) is 4.91. The molecule has 1 saturated heterocycles. The molecule has 1 amide bonds. The van der Waals surface area contributed by atoms with Crippen LogP contribution in [0.4, 0.5) is 18.0 Å². The maximum atomic E-state index is 13.1. The predicted molar refractivity (Wildman–Crippen MR) is 75.4 cm³/mol. The van der Waals surface area contributed by atoms with Crippen molar-refractivity contribution < 1.29 is 22.7 Å². The summed E-state index contributed by atoms with van der Waals surface area (Å²) in [5, 5.41) is 0.727. The summed E-state index contributed by atoms with van der Waals surface area (Å²) in [6.45, 7) is 0. The number of hydrogen-bond donors (Lipinski definition) is 3. The zero-order valence-electron chi connectivity index (χ0n) is 10.7. The zero-order chi connectivity index (χ0) is 15.6. The average Bonchev–Trinajstić information content (AvgIpc) is 2.45. The third kappa shape index (κ3) is 3.75. The topological polar surface area (TPSA) is 65.6 Å². The maximum Gasteiger partial charge on any atom is 0.440 e. The van der Waals surface area contributed by atoms with Gasteiger partial charge in [0, 0.05) is 3.57 Å². The molecule has 1 aromatic carbocycles. The molecule has 2 unspecified atom stereocenters. The number of alkyl halides is 3. The zero-order valence-corrected chi connectivity index (χ0v) is 12.9. The number of halogens is 4. The van der Waals surface area contributed by atoms with Crippen LogP contribution in [-0.4, -0.2) is 30.5 Å². The van der Waals surface area contributed by atoms with Gasteiger partial charge in [-0.25, -0.2) is 15.6 Å². The highest BCUT2D eigenvalue weighted by atomic mass is 127. The Hall–Kier alpha value is -1.11. The van der Waals surface area contributed by atoms with Crippen LogP contribution in [-0.2, 0) is 4.74 Å². The van der Waals surface area contributed by atoms with Crippen LogP contribution in [0.2, 0.25) is 0 Å². The molecule has 0 saturated carbocycles. The lowest BCUT2D eigenvalue weighted by molar-refractivity contribution is -0.187. The first-order valence-electron chi connectivity index (χ1n) is 5.80. The van der Waals surface area contributed by atoms with Gasteiger partial charge in [-0.3, -0.25) is 0 Å². The molecule has 0 aliphatic carbocycles. The second-order valence-corrected chi connectivity index (χ2v) is 5.48. The second-order valence-electron chi connectivity index (χ2n) is 4.24. The first-order chi connectivity index (χ1) is 9.82. The Balaban J connectivity index is 2.28. The third-order valence-corrected chi connectivity index (χ3v) is 3.59. The lowest BCUT2D eigenvalue weighted by atomic mass is 9.99. The number of carbonyl (C=O) groups excluding carboxylic acids is 1. The number of rotatable bonds is 1. The molecule has 0 radical (unpaired) electrons. The Bertz CT molecular complexity index is 511. The van der Waals surface area contributed by atoms with Crippen LogP contribution in [0, 0.1) is 3.57 Å². The van der Waals surface area contributed by atoms with Gasteiger partial charge in [-0.2, -0.15) is 18.3 Å². The molecule has 116 valence electrons. The van der Waals surface area contributed by atoms with E-state index in [1.54, 1.807) is 24.3 Å². The number of benzene rings is 1. The fraction of sp³-hybridized carbons (Fsp3) is 0.364. The van der Waals surface area contributed by atoms with E-state index in [-0.39, 0.29) is 0 Å². The summed E-state index contributed by atoms with van der Waals surface area (Å²) >= 11 is 2.05. The van der Waals surface area contributed by atoms with E-state index in [4.69, 9.17) is 0 Å². The summed E-state index contributed by atoms with van der Waals surface area (Å²) in [6.07, 6.45) is -5.37. The Morgan fingerprint density at radius 1 is 1.33 bits per heavy atom. The minimum absolute atomic E-state index is 0.389. The van der Waals surface area contributed by atoms with Gasteiger partial charge < -0.3 is 4.74 Å². The van der Waals surface area contributed by atoms with Gasteiger partial charge >= 0.3 is 12.3 Å². The van der Waals surface area contributed by atoms with Crippen LogP contribution in [0.1, 0.15) is 11.6 Å². The lowest BCUT2D eigenvalue weighted by Crippen LogP contribution is -2.71. The SMILES string of the molecule is COC(=O)N1NNC(C(F)(F)F)C(c2ccc(I)cc2)N1. The van der Waals surface area contributed by atoms with Crippen LogP contribution in [0.15, 0.2) is 24.3 Å². The van der Waals surface area contributed by atoms with Crippen LogP contribution in [0.3, 0.4) is 0 Å². The van der Waals surface area contributed by atoms with Crippen molar-refractivity contribution in [3.05, 3.63) is 33.4 Å². The highest BCUT2D eigenvalue weighted by molar-refractivity contribution is 14.1. The molecule has 0 aromatic heterocycles. The molecule has 1 aromatic rings. The highest BCUT2D eigenvalue weighted by Crippen LogP contribution is 2.31. The molecule has 0 bridgehead atoms. The Labute approximate surface area is 132 Å². The predicted octanol–water partition coefficient (Wildman–Crippen LogP) is 1.86. The van der Waals surface area contributed by atoms with Crippen molar-refractivity contribution in [2.24, 2.45) is 0 Å². The third-order valence-electron chi connectivity index (χ3n) is 2.87. The number of ether oxygens (including phenoxy) is 1. The summed E-state index contributed by atoms with van der Waals surface area (Å²) in [5.74, 6) is 0. The van der Waals surface area contributed by atoms with Gasteiger partial charge in [0.2, 0.25) is 0 Å². The fourth-order valence-corrected chi connectivity index (χ4v) is 2.22. The van der Waals surface area contributed by atoms with E-state index in [9.17, 15) is 18.0 Å². The van der Waals surface area contributed by atoms with Crippen LogP contribution in [0.5, 0.6) is 0 Å². The molecule has 10 heteroatoms. The largest absolute Gasteiger partial charge is 0.451 e. The van der Waals surface area contributed by atoms with Crippen molar-refractivity contribution in [3.63, 3.8) is 0 Å². The minimum Gasteiger partial charge on any atom is -0.451 e. The number of nitrogens with zero attached hydrogens (tertiary/aromatic N) is 1. The second kappa shape index (κ2) is 6.34. The molecule has 2 rings (SSSR count). The van der Waals surface area contributed by atoms with Crippen molar-refractivity contribution in [3.8, 4) is 0 Å². The summed E-state index contributed by atoms with van der Waals surface area (Å²) in [4.78, 5) is 11.4. The lowest BCUT2D eigenvalue weighted by Gasteiger charge is -2.40. The molecule has 1 aliphatic heterocycles. The van der Waals surface area contributed by atoms with Gasteiger partial charge in [0.15, 0.2) is 0 Å². The van der Waals surface area contributed by atoms with Crippen molar-refractivity contribution in [2.45, 2.75) is 18.3 Å². The van der Waals surface area contributed by atoms with Crippen LogP contribution >= 0.6 is 22.6 Å². The van der Waals surface area contributed by atoms with Gasteiger partial charge in [0.1, 0.15) is 6.04 Å². The molecular weight excluding hydrogens is 404 g/mol. The van der Waals surface area contributed by atoms with Crippen LogP contribution < -0.4 is 16.4 Å². The smallest absolute Gasteiger partial charge is 0.440 e. The van der Waals surface area contributed by atoms with Crippen molar-refractivity contribution >= 4 is 28.7 Å². The van der Waals surface area contributed by atoms with E-state index in [1.807, 2.05) is 0 Å². The highest BCUT2D eigenvalue weighted by Gasteiger charge is 2.48. The first-order valence-corrected chi connectivity index (χ1v) is 6.88. The standard InChI is InChI=1S/C11H12F3IN4O2/c1-21-10(20)19-17-8(6-2-4-7(15)5-3-6)9(16-18-19)11(12,13)14/h2-5,8-9,16-18H,1H3. The monoisotopic (exact) mass is 416 g/mol. The summed E-state index contributed by atoms with van der Waals surface area (Å²) in [7, 11) is 1.13. The summed E-state index contributed by atoms with van der Waals surface area (Å²) in [6, 6.07) is 3.44. The van der Waals surface area contributed by atoms with Gasteiger partial charge in [0.05, 0.1) is 13.2 Å². The van der Waals surface area contributed by atoms with E-state index in [0.717, 1.165) is 15.8 Å². The van der Waals surface area contributed by atoms with E-state index in [2.05, 4.69) is 43.7 Å². The number of hydrogen-bond acceptors (Lipinski definition) is 5. The van der Waals surface area contributed by atoms with E-state index in [1.165, 1.54) is 0 Å². The van der Waals surface area contributed by atoms with Crippen molar-refractivity contribution in [2.75, 3.05) is 7.11 Å². The molecule has 2 atom stereocenters. The molecule has 1 fully saturated rings. The molecule has 1 aliphatic rings. The fourth-order valence-electron chi connectivity index (χ4n) is 1.86. The van der Waals surface area contributed by atoms with Gasteiger partial charge in [-0.05, 0) is 40.3 Å². The number of nitrogens with one attached hydrogen (secondary N) is 3. The van der Waals surface area contributed by atoms with Gasteiger partial charge in [-0.15, -0.1) is 5.53 Å². The molecular formula is C11H12F3IN4O2. The molecule has 6 nitrogen and oxygen atoms in total. The number of carbonyl (C=O) groups is 1. The molecule has 21 heavy (non-hydrogen) atoms. The quantitative estimate of drug-likeness (QED) is 0.611. The van der Waals surface area contributed by atoms with E-state index in [0.29, 0.717) is 5.56 Å². The van der Waals surface area contributed by atoms with Crippen molar-refractivity contribution in [1.29, 1.82) is 0 Å². The van der Waals surface area contributed by atoms with Crippen LogP contribution in [0.25, 0.3) is 0 Å². The average molecular weight is 416 g/mol. The summed E-state index contributed by atoms with van der Waals surface area (Å²) < 4.78 is 44.6. The minimum atomic E-state index is -4.50. The number of hydrazine groups is 3. The number of methoxy groups -OCH3 is 1. The van der Waals surface area contributed by atoms with Gasteiger partial charge in [-0.1, -0.05) is 12.1 Å².